The van der Waals surface area contributed by atoms with Gasteiger partial charge in [0.2, 0.25) is 0 Å². The fourth-order valence-electron chi connectivity index (χ4n) is 1.48. The summed E-state index contributed by atoms with van der Waals surface area (Å²) in [6, 6.07) is 8.45. The highest BCUT2D eigenvalue weighted by Crippen LogP contribution is 2.28. The minimum Gasteiger partial charge on any atom is -0.379 e. The third-order valence-electron chi connectivity index (χ3n) is 2.96. The van der Waals surface area contributed by atoms with Crippen LogP contribution in [0.25, 0.3) is 0 Å². The number of benzene rings is 1. The van der Waals surface area contributed by atoms with E-state index in [9.17, 15) is 0 Å². The summed E-state index contributed by atoms with van der Waals surface area (Å²) in [6.07, 6.45) is 1.97. The number of methoxy groups -OCH3 is 1. The summed E-state index contributed by atoms with van der Waals surface area (Å²) in [6.45, 7) is 4.20. The highest BCUT2D eigenvalue weighted by Gasteiger charge is 2.17. The van der Waals surface area contributed by atoms with Gasteiger partial charge in [0, 0.05) is 28.3 Å². The number of nitrogens with two attached hydrogens (primary N) is 1. The van der Waals surface area contributed by atoms with Crippen LogP contribution in [-0.2, 0) is 4.74 Å². The molecule has 0 spiro atoms. The zero-order valence-corrected chi connectivity index (χ0v) is 13.7. The molecule has 1 atom stereocenters. The number of rotatable bonds is 7. The highest BCUT2D eigenvalue weighted by molar-refractivity contribution is 9.10. The van der Waals surface area contributed by atoms with Gasteiger partial charge in [-0.05, 0) is 54.8 Å². The molecular formula is C14H22BrNOS. The van der Waals surface area contributed by atoms with Gasteiger partial charge < -0.3 is 10.5 Å². The predicted molar refractivity (Wildman–Crippen MR) is 83.2 cm³/mol. The van der Waals surface area contributed by atoms with E-state index in [1.165, 1.54) is 4.90 Å². The Kier molecular flexibility index (Phi) is 6.71. The number of hydrogen-bond acceptors (Lipinski definition) is 3. The molecule has 0 aliphatic rings. The maximum absolute atomic E-state index is 6.14. The van der Waals surface area contributed by atoms with Crippen LogP contribution in [0.5, 0.6) is 0 Å². The lowest BCUT2D eigenvalue weighted by atomic mass is 10.00. The van der Waals surface area contributed by atoms with Crippen LogP contribution in [0, 0.1) is 0 Å². The van der Waals surface area contributed by atoms with E-state index >= 15 is 0 Å². The van der Waals surface area contributed by atoms with Gasteiger partial charge in [-0.1, -0.05) is 12.1 Å². The molecule has 2 N–H and O–H groups in total. The van der Waals surface area contributed by atoms with Crippen molar-refractivity contribution < 1.29 is 4.74 Å². The van der Waals surface area contributed by atoms with Gasteiger partial charge in [-0.3, -0.25) is 0 Å². The van der Waals surface area contributed by atoms with Gasteiger partial charge in [0.25, 0.3) is 0 Å². The normalized spacial score (nSPS) is 13.6. The zero-order chi connectivity index (χ0) is 13.6. The van der Waals surface area contributed by atoms with Crippen LogP contribution >= 0.6 is 27.7 Å². The SMILES string of the molecule is COC(C)(C)CCC(N)CSc1ccccc1Br. The fraction of sp³-hybridized carbons (Fsp3) is 0.571. The summed E-state index contributed by atoms with van der Waals surface area (Å²) in [5.74, 6) is 0.933. The van der Waals surface area contributed by atoms with E-state index in [-0.39, 0.29) is 11.6 Å². The molecule has 0 bridgehead atoms. The quantitative estimate of drug-likeness (QED) is 0.765. The van der Waals surface area contributed by atoms with Crippen LogP contribution in [0.1, 0.15) is 26.7 Å². The second-order valence-corrected chi connectivity index (χ2v) is 6.92. The summed E-state index contributed by atoms with van der Waals surface area (Å²) in [7, 11) is 1.75. The Hall–Kier alpha value is -0.0300. The van der Waals surface area contributed by atoms with Gasteiger partial charge in [0.1, 0.15) is 0 Å². The predicted octanol–water partition coefficient (Wildman–Crippen LogP) is 4.07. The Labute approximate surface area is 123 Å². The lowest BCUT2D eigenvalue weighted by Crippen LogP contribution is -2.29. The molecule has 1 unspecified atom stereocenters. The number of hydrogen-bond donors (Lipinski definition) is 1. The van der Waals surface area contributed by atoms with Crippen LogP contribution in [0.3, 0.4) is 0 Å². The lowest BCUT2D eigenvalue weighted by molar-refractivity contribution is 0.0129. The summed E-state index contributed by atoms with van der Waals surface area (Å²) in [5.41, 5.74) is 6.07. The first-order chi connectivity index (χ1) is 8.44. The molecule has 0 saturated carbocycles. The van der Waals surface area contributed by atoms with E-state index in [2.05, 4.69) is 41.9 Å². The van der Waals surface area contributed by atoms with Crippen molar-refractivity contribution in [3.8, 4) is 0 Å². The molecule has 0 aliphatic carbocycles. The second kappa shape index (κ2) is 7.53. The van der Waals surface area contributed by atoms with Gasteiger partial charge in [-0.2, -0.15) is 0 Å². The molecule has 0 heterocycles. The molecule has 0 radical (unpaired) electrons. The van der Waals surface area contributed by atoms with Gasteiger partial charge in [-0.25, -0.2) is 0 Å². The van der Waals surface area contributed by atoms with Crippen molar-refractivity contribution in [2.45, 2.75) is 43.2 Å². The van der Waals surface area contributed by atoms with E-state index in [1.54, 1.807) is 18.9 Å². The van der Waals surface area contributed by atoms with Crippen LogP contribution in [0.15, 0.2) is 33.6 Å². The van der Waals surface area contributed by atoms with Crippen molar-refractivity contribution >= 4 is 27.7 Å². The van der Waals surface area contributed by atoms with E-state index in [4.69, 9.17) is 10.5 Å². The third-order valence-corrected chi connectivity index (χ3v) is 5.18. The monoisotopic (exact) mass is 331 g/mol. The van der Waals surface area contributed by atoms with Crippen molar-refractivity contribution in [1.29, 1.82) is 0 Å². The summed E-state index contributed by atoms with van der Waals surface area (Å²) in [4.78, 5) is 1.25. The molecule has 0 saturated heterocycles. The molecule has 18 heavy (non-hydrogen) atoms. The van der Waals surface area contributed by atoms with Gasteiger partial charge in [0.05, 0.1) is 5.60 Å². The van der Waals surface area contributed by atoms with Gasteiger partial charge >= 0.3 is 0 Å². The summed E-state index contributed by atoms with van der Waals surface area (Å²) >= 11 is 5.35. The van der Waals surface area contributed by atoms with E-state index in [0.29, 0.717) is 0 Å². The average molecular weight is 332 g/mol. The minimum absolute atomic E-state index is 0.0738. The molecule has 0 aliphatic heterocycles. The van der Waals surface area contributed by atoms with Crippen molar-refractivity contribution in [2.75, 3.05) is 12.9 Å². The van der Waals surface area contributed by atoms with E-state index < -0.39 is 0 Å². The largest absolute Gasteiger partial charge is 0.379 e. The molecule has 1 rings (SSSR count). The van der Waals surface area contributed by atoms with Crippen LogP contribution < -0.4 is 5.73 Å². The Morgan fingerprint density at radius 2 is 2.06 bits per heavy atom. The fourth-order valence-corrected chi connectivity index (χ4v) is 3.05. The van der Waals surface area contributed by atoms with E-state index in [0.717, 1.165) is 23.1 Å². The molecule has 4 heteroatoms. The first-order valence-electron chi connectivity index (χ1n) is 6.12. The highest BCUT2D eigenvalue weighted by atomic mass is 79.9. The standard InChI is InChI=1S/C14H22BrNOS/c1-14(2,17-3)9-8-11(16)10-18-13-7-5-4-6-12(13)15/h4-7,11H,8-10,16H2,1-3H3. The van der Waals surface area contributed by atoms with E-state index in [1.807, 2.05) is 12.1 Å². The molecule has 0 amide bonds. The molecule has 102 valence electrons. The zero-order valence-electron chi connectivity index (χ0n) is 11.3. The smallest absolute Gasteiger partial charge is 0.0623 e. The van der Waals surface area contributed by atoms with Crippen molar-refractivity contribution in [2.24, 2.45) is 5.73 Å². The lowest BCUT2D eigenvalue weighted by Gasteiger charge is -2.24. The number of ether oxygens (including phenoxy) is 1. The molecule has 1 aromatic rings. The molecular weight excluding hydrogens is 310 g/mol. The van der Waals surface area contributed by atoms with Crippen molar-refractivity contribution in [1.82, 2.24) is 0 Å². The topological polar surface area (TPSA) is 35.2 Å². The molecule has 2 nitrogen and oxygen atoms in total. The maximum atomic E-state index is 6.14. The molecule has 1 aromatic carbocycles. The van der Waals surface area contributed by atoms with Crippen molar-refractivity contribution in [3.63, 3.8) is 0 Å². The van der Waals surface area contributed by atoms with Gasteiger partial charge in [-0.15, -0.1) is 11.8 Å². The van der Waals surface area contributed by atoms with Crippen LogP contribution in [0.2, 0.25) is 0 Å². The Morgan fingerprint density at radius 3 is 2.67 bits per heavy atom. The first kappa shape index (κ1) is 16.0. The molecule has 0 aromatic heterocycles. The Morgan fingerprint density at radius 1 is 1.39 bits per heavy atom. The van der Waals surface area contributed by atoms with Gasteiger partial charge in [0.15, 0.2) is 0 Å². The second-order valence-electron chi connectivity index (χ2n) is 5.00. The maximum Gasteiger partial charge on any atom is 0.0623 e. The Balaban J connectivity index is 2.34. The van der Waals surface area contributed by atoms with Crippen LogP contribution in [-0.4, -0.2) is 24.5 Å². The minimum atomic E-state index is -0.0738. The number of thioether (sulfide) groups is 1. The van der Waals surface area contributed by atoms with Crippen LogP contribution in [0.4, 0.5) is 0 Å². The summed E-state index contributed by atoms with van der Waals surface area (Å²) < 4.78 is 6.54. The first-order valence-corrected chi connectivity index (χ1v) is 7.90. The Bertz CT molecular complexity index is 371. The number of halogens is 1. The third kappa shape index (κ3) is 5.74. The molecule has 0 fully saturated rings. The average Bonchev–Trinajstić information content (AvgIpc) is 2.35. The van der Waals surface area contributed by atoms with Crippen molar-refractivity contribution in [3.05, 3.63) is 28.7 Å². The summed E-state index contributed by atoms with van der Waals surface area (Å²) in [5, 5.41) is 0.